The van der Waals surface area contributed by atoms with E-state index in [4.69, 9.17) is 22.7 Å². The zero-order chi connectivity index (χ0) is 9.68. The highest BCUT2D eigenvalue weighted by atomic mass is 32.1. The Morgan fingerprint density at radius 2 is 2.54 bits per heavy atom. The monoisotopic (exact) mass is 200 g/mol. The summed E-state index contributed by atoms with van der Waals surface area (Å²) in [6.45, 7) is 3.94. The number of aromatic nitrogens is 3. The highest BCUT2D eigenvalue weighted by Gasteiger charge is 2.02. The van der Waals surface area contributed by atoms with Crippen LogP contribution in [0.4, 0.5) is 0 Å². The first kappa shape index (κ1) is 10.1. The average Bonchev–Trinajstić information content (AvgIpc) is 2.53. The van der Waals surface area contributed by atoms with E-state index in [0.29, 0.717) is 25.6 Å². The Kier molecular flexibility index (Phi) is 3.78. The van der Waals surface area contributed by atoms with Gasteiger partial charge in [0.2, 0.25) is 5.82 Å². The van der Waals surface area contributed by atoms with Crippen molar-refractivity contribution < 1.29 is 4.74 Å². The van der Waals surface area contributed by atoms with Crippen molar-refractivity contribution in [2.45, 2.75) is 13.5 Å². The molecule has 1 aromatic heterocycles. The highest BCUT2D eigenvalue weighted by Crippen LogP contribution is 1.89. The predicted molar refractivity (Wildman–Crippen MR) is 52.4 cm³/mol. The van der Waals surface area contributed by atoms with Crippen LogP contribution in [-0.2, 0) is 11.3 Å². The summed E-state index contributed by atoms with van der Waals surface area (Å²) in [6, 6.07) is 0. The summed E-state index contributed by atoms with van der Waals surface area (Å²) in [5.74, 6) is 0.409. The van der Waals surface area contributed by atoms with E-state index < -0.39 is 0 Å². The maximum Gasteiger partial charge on any atom is 0.208 e. The van der Waals surface area contributed by atoms with Crippen LogP contribution >= 0.6 is 12.2 Å². The van der Waals surface area contributed by atoms with E-state index in [9.17, 15) is 0 Å². The van der Waals surface area contributed by atoms with Gasteiger partial charge < -0.3 is 10.5 Å². The predicted octanol–water partition coefficient (Wildman–Crippen LogP) is -0.0512. The van der Waals surface area contributed by atoms with Gasteiger partial charge in [-0.2, -0.15) is 0 Å². The Hall–Kier alpha value is -1.01. The topological polar surface area (TPSA) is 66.0 Å². The van der Waals surface area contributed by atoms with Crippen molar-refractivity contribution in [1.82, 2.24) is 14.8 Å². The molecule has 0 saturated heterocycles. The van der Waals surface area contributed by atoms with Crippen molar-refractivity contribution in [2.24, 2.45) is 5.73 Å². The third-order valence-electron chi connectivity index (χ3n) is 1.43. The minimum atomic E-state index is 0.218. The number of hydrogen-bond acceptors (Lipinski definition) is 4. The van der Waals surface area contributed by atoms with Gasteiger partial charge in [0.05, 0.1) is 13.2 Å². The molecular formula is C7H12N4OS. The van der Waals surface area contributed by atoms with Crippen LogP contribution in [0, 0.1) is 0 Å². The molecule has 0 atom stereocenters. The Morgan fingerprint density at radius 1 is 1.77 bits per heavy atom. The maximum atomic E-state index is 5.34. The summed E-state index contributed by atoms with van der Waals surface area (Å²) in [7, 11) is 0. The Morgan fingerprint density at radius 3 is 3.08 bits per heavy atom. The standard InChI is InChI=1S/C7H12N4OS/c1-2-12-4-3-11-5-9-7(10-11)6(8)13/h5H,2-4H2,1H3,(H2,8,13). The lowest BCUT2D eigenvalue weighted by Crippen LogP contribution is -2.13. The number of nitrogens with two attached hydrogens (primary N) is 1. The van der Waals surface area contributed by atoms with E-state index in [1.807, 2.05) is 6.92 Å². The van der Waals surface area contributed by atoms with E-state index >= 15 is 0 Å². The molecule has 0 spiro atoms. The van der Waals surface area contributed by atoms with Crippen LogP contribution in [0.5, 0.6) is 0 Å². The van der Waals surface area contributed by atoms with Gasteiger partial charge >= 0.3 is 0 Å². The molecule has 0 aliphatic rings. The lowest BCUT2D eigenvalue weighted by Gasteiger charge is -1.99. The number of rotatable bonds is 5. The lowest BCUT2D eigenvalue weighted by atomic mass is 10.6. The smallest absolute Gasteiger partial charge is 0.208 e. The third-order valence-corrected chi connectivity index (χ3v) is 1.61. The second-order valence-corrected chi connectivity index (χ2v) is 2.83. The fourth-order valence-electron chi connectivity index (χ4n) is 0.818. The molecule has 2 N–H and O–H groups in total. The summed E-state index contributed by atoms with van der Waals surface area (Å²) in [4.78, 5) is 4.14. The molecule has 5 nitrogen and oxygen atoms in total. The summed E-state index contributed by atoms with van der Waals surface area (Å²) in [6.07, 6.45) is 1.59. The van der Waals surface area contributed by atoms with Gasteiger partial charge in [-0.25, -0.2) is 9.67 Å². The van der Waals surface area contributed by atoms with Gasteiger partial charge in [0, 0.05) is 6.61 Å². The summed E-state index contributed by atoms with van der Waals surface area (Å²) in [5, 5.41) is 4.04. The Labute approximate surface area is 81.9 Å². The molecule has 1 heterocycles. The first-order chi connectivity index (χ1) is 6.24. The minimum absolute atomic E-state index is 0.218. The molecule has 0 aliphatic carbocycles. The Bertz CT molecular complexity index is 286. The summed E-state index contributed by atoms with van der Waals surface area (Å²) < 4.78 is 6.81. The SMILES string of the molecule is CCOCCn1cnc(C(N)=S)n1. The first-order valence-electron chi connectivity index (χ1n) is 4.01. The molecule has 0 aliphatic heterocycles. The molecule has 13 heavy (non-hydrogen) atoms. The molecule has 1 aromatic rings. The average molecular weight is 200 g/mol. The van der Waals surface area contributed by atoms with Crippen LogP contribution in [0.3, 0.4) is 0 Å². The van der Waals surface area contributed by atoms with Gasteiger partial charge in [-0.3, -0.25) is 0 Å². The van der Waals surface area contributed by atoms with E-state index in [1.54, 1.807) is 11.0 Å². The highest BCUT2D eigenvalue weighted by molar-refractivity contribution is 7.80. The van der Waals surface area contributed by atoms with Gasteiger partial charge in [-0.05, 0) is 6.92 Å². The van der Waals surface area contributed by atoms with E-state index in [-0.39, 0.29) is 4.99 Å². The summed E-state index contributed by atoms with van der Waals surface area (Å²) >= 11 is 4.72. The zero-order valence-corrected chi connectivity index (χ0v) is 8.25. The van der Waals surface area contributed by atoms with Crippen LogP contribution in [0.15, 0.2) is 6.33 Å². The van der Waals surface area contributed by atoms with Crippen molar-refractivity contribution in [2.75, 3.05) is 13.2 Å². The zero-order valence-electron chi connectivity index (χ0n) is 7.43. The number of hydrogen-bond donors (Lipinski definition) is 1. The normalized spacial score (nSPS) is 10.2. The van der Waals surface area contributed by atoms with Gasteiger partial charge in [0.25, 0.3) is 0 Å². The van der Waals surface area contributed by atoms with E-state index in [0.717, 1.165) is 0 Å². The van der Waals surface area contributed by atoms with Crippen LogP contribution < -0.4 is 5.73 Å². The molecule has 0 bridgehead atoms. The van der Waals surface area contributed by atoms with Crippen molar-refractivity contribution in [3.05, 3.63) is 12.2 Å². The molecule has 72 valence electrons. The molecule has 6 heteroatoms. The third kappa shape index (κ3) is 3.08. The van der Waals surface area contributed by atoms with Crippen molar-refractivity contribution in [3.63, 3.8) is 0 Å². The fourth-order valence-corrected chi connectivity index (χ4v) is 0.911. The van der Waals surface area contributed by atoms with E-state index in [2.05, 4.69) is 10.1 Å². The molecule has 0 amide bonds. The van der Waals surface area contributed by atoms with E-state index in [1.165, 1.54) is 0 Å². The fraction of sp³-hybridized carbons (Fsp3) is 0.571. The second-order valence-electron chi connectivity index (χ2n) is 2.39. The van der Waals surface area contributed by atoms with Crippen molar-refractivity contribution in [1.29, 1.82) is 0 Å². The minimum Gasteiger partial charge on any atom is -0.387 e. The molecule has 0 saturated carbocycles. The second kappa shape index (κ2) is 4.88. The summed E-state index contributed by atoms with van der Waals surface area (Å²) in [5.41, 5.74) is 5.34. The number of nitrogens with zero attached hydrogens (tertiary/aromatic N) is 3. The molecule has 0 aromatic carbocycles. The number of thiocarbonyl (C=S) groups is 1. The van der Waals surface area contributed by atoms with Crippen LogP contribution in [0.25, 0.3) is 0 Å². The van der Waals surface area contributed by atoms with Gasteiger partial charge in [-0.1, -0.05) is 12.2 Å². The molecular weight excluding hydrogens is 188 g/mol. The van der Waals surface area contributed by atoms with Crippen LogP contribution in [0.1, 0.15) is 12.7 Å². The quantitative estimate of drug-likeness (QED) is 0.533. The van der Waals surface area contributed by atoms with Crippen molar-refractivity contribution in [3.8, 4) is 0 Å². The largest absolute Gasteiger partial charge is 0.387 e. The molecule has 1 rings (SSSR count). The van der Waals surface area contributed by atoms with Crippen molar-refractivity contribution >= 4 is 17.2 Å². The molecule has 0 unspecified atom stereocenters. The number of ether oxygens (including phenoxy) is 1. The van der Waals surface area contributed by atoms with Gasteiger partial charge in [0.1, 0.15) is 11.3 Å². The Balaban J connectivity index is 2.44. The maximum absolute atomic E-state index is 5.34. The van der Waals surface area contributed by atoms with Crippen LogP contribution in [-0.4, -0.2) is 33.0 Å². The van der Waals surface area contributed by atoms with Gasteiger partial charge in [-0.15, -0.1) is 5.10 Å². The lowest BCUT2D eigenvalue weighted by molar-refractivity contribution is 0.136. The van der Waals surface area contributed by atoms with Gasteiger partial charge in [0.15, 0.2) is 0 Å². The molecule has 0 fully saturated rings. The van der Waals surface area contributed by atoms with Crippen LogP contribution in [0.2, 0.25) is 0 Å². The molecule has 0 radical (unpaired) electrons. The first-order valence-corrected chi connectivity index (χ1v) is 4.42.